The molecule has 0 aliphatic rings. The molecule has 136 valence electrons. The summed E-state index contributed by atoms with van der Waals surface area (Å²) in [5.74, 6) is -0.145. The Bertz CT molecular complexity index is 797. The minimum absolute atomic E-state index is 0.125. The number of carbonyl (C=O) groups excluding carboxylic acids is 1. The summed E-state index contributed by atoms with van der Waals surface area (Å²) in [5, 5.41) is 2.93. The molecule has 5 nitrogen and oxygen atoms in total. The predicted molar refractivity (Wildman–Crippen MR) is 107 cm³/mol. The lowest BCUT2D eigenvalue weighted by Crippen LogP contribution is -2.23. The Hall–Kier alpha value is -2.82. The fourth-order valence-electron chi connectivity index (χ4n) is 2.36. The Morgan fingerprint density at radius 2 is 1.85 bits per heavy atom. The van der Waals surface area contributed by atoms with E-state index >= 15 is 0 Å². The van der Waals surface area contributed by atoms with Crippen LogP contribution in [0.2, 0.25) is 0 Å². The number of carbonyl (C=O) groups is 1. The number of benzene rings is 1. The first-order chi connectivity index (χ1) is 12.3. The summed E-state index contributed by atoms with van der Waals surface area (Å²) in [6, 6.07) is 11.9. The molecular weight excluding hydrogens is 324 g/mol. The van der Waals surface area contributed by atoms with Gasteiger partial charge in [-0.1, -0.05) is 45.0 Å². The highest BCUT2D eigenvalue weighted by Crippen LogP contribution is 2.22. The van der Waals surface area contributed by atoms with Crippen LogP contribution in [0.25, 0.3) is 0 Å². The molecule has 0 aliphatic carbocycles. The Morgan fingerprint density at radius 3 is 2.38 bits per heavy atom. The number of aliphatic imine (C=N–C) groups is 2. The maximum Gasteiger partial charge on any atom is 0.253 e. The number of aromatic nitrogens is 1. The van der Waals surface area contributed by atoms with E-state index < -0.39 is 0 Å². The molecule has 1 heterocycles. The summed E-state index contributed by atoms with van der Waals surface area (Å²) in [6.07, 6.45) is 3.04. The Morgan fingerprint density at radius 1 is 1.15 bits per heavy atom. The molecule has 0 bridgehead atoms. The van der Waals surface area contributed by atoms with Crippen molar-refractivity contribution in [2.75, 3.05) is 7.05 Å². The van der Waals surface area contributed by atoms with Crippen LogP contribution >= 0.6 is 0 Å². The zero-order valence-corrected chi connectivity index (χ0v) is 16.1. The number of pyridine rings is 1. The molecule has 5 heteroatoms. The highest BCUT2D eigenvalue weighted by Gasteiger charge is 2.13. The number of hydrogen-bond donors (Lipinski definition) is 1. The third kappa shape index (κ3) is 5.34. The summed E-state index contributed by atoms with van der Waals surface area (Å²) < 4.78 is 0. The van der Waals surface area contributed by atoms with E-state index in [1.54, 1.807) is 25.4 Å². The zero-order chi connectivity index (χ0) is 19.2. The molecule has 0 saturated carbocycles. The number of nitrogens with one attached hydrogen (secondary N) is 1. The van der Waals surface area contributed by atoms with Gasteiger partial charge in [0.05, 0.1) is 17.0 Å². The minimum atomic E-state index is -0.145. The fourth-order valence-corrected chi connectivity index (χ4v) is 2.36. The number of hydrogen-bond acceptors (Lipinski definition) is 3. The van der Waals surface area contributed by atoms with E-state index in [9.17, 15) is 4.79 Å². The molecular formula is C21H26N4O. The molecule has 0 atom stereocenters. The fraction of sp³-hybridized carbons (Fsp3) is 0.333. The molecule has 0 unspecified atom stereocenters. The summed E-state index contributed by atoms with van der Waals surface area (Å²) in [7, 11) is 1.66. The highest BCUT2D eigenvalue weighted by molar-refractivity contribution is 6.01. The van der Waals surface area contributed by atoms with E-state index in [2.05, 4.69) is 65.3 Å². The van der Waals surface area contributed by atoms with Crippen LogP contribution in [-0.2, 0) is 12.0 Å². The average Bonchev–Trinajstić information content (AvgIpc) is 2.64. The van der Waals surface area contributed by atoms with Crippen LogP contribution in [0.15, 0.2) is 52.6 Å². The van der Waals surface area contributed by atoms with E-state index in [1.165, 1.54) is 11.9 Å². The van der Waals surface area contributed by atoms with Crippen molar-refractivity contribution in [1.29, 1.82) is 0 Å². The lowest BCUT2D eigenvalue weighted by atomic mass is 9.87. The summed E-state index contributed by atoms with van der Waals surface area (Å²) in [4.78, 5) is 24.6. The van der Waals surface area contributed by atoms with Crippen LogP contribution in [-0.4, -0.2) is 30.0 Å². The van der Waals surface area contributed by atoms with Gasteiger partial charge in [0.15, 0.2) is 0 Å². The third-order valence-corrected chi connectivity index (χ3v) is 4.04. The van der Waals surface area contributed by atoms with Gasteiger partial charge in [0.25, 0.3) is 5.91 Å². The molecule has 1 N–H and O–H groups in total. The second-order valence-electron chi connectivity index (χ2n) is 7.15. The van der Waals surface area contributed by atoms with Crippen LogP contribution in [0.4, 0.5) is 0 Å². The average molecular weight is 350 g/mol. The number of amides is 1. The molecule has 0 spiro atoms. The van der Waals surface area contributed by atoms with Crippen molar-refractivity contribution in [2.45, 2.75) is 39.7 Å². The van der Waals surface area contributed by atoms with Crippen LogP contribution in [0.5, 0.6) is 0 Å². The van der Waals surface area contributed by atoms with Crippen LogP contribution in [0.1, 0.15) is 54.9 Å². The van der Waals surface area contributed by atoms with E-state index in [0.29, 0.717) is 12.1 Å². The van der Waals surface area contributed by atoms with Crippen molar-refractivity contribution >= 4 is 18.0 Å². The van der Waals surface area contributed by atoms with Gasteiger partial charge >= 0.3 is 0 Å². The van der Waals surface area contributed by atoms with E-state index in [0.717, 1.165) is 17.0 Å². The van der Waals surface area contributed by atoms with E-state index in [1.807, 2.05) is 6.92 Å². The molecule has 0 aliphatic heterocycles. The van der Waals surface area contributed by atoms with Crippen LogP contribution < -0.4 is 5.32 Å². The van der Waals surface area contributed by atoms with Gasteiger partial charge in [0.2, 0.25) is 0 Å². The standard InChI is InChI=1S/C21H26N4O/c1-15(25-14-22-5)19-11-8-17(13-23-19)20(26)24-12-16-6-9-18(10-7-16)21(2,3)4/h6-11,13-14H,12H2,1-5H3,(H,24,26). The number of rotatable bonds is 5. The maximum absolute atomic E-state index is 12.3. The topological polar surface area (TPSA) is 66.7 Å². The monoisotopic (exact) mass is 350 g/mol. The molecule has 1 aromatic carbocycles. The Balaban J connectivity index is 1.97. The molecule has 2 aromatic rings. The number of nitrogens with zero attached hydrogens (tertiary/aromatic N) is 3. The van der Waals surface area contributed by atoms with Crippen molar-refractivity contribution in [3.63, 3.8) is 0 Å². The van der Waals surface area contributed by atoms with E-state index in [-0.39, 0.29) is 11.3 Å². The first kappa shape index (κ1) is 19.5. The van der Waals surface area contributed by atoms with Crippen LogP contribution in [0.3, 0.4) is 0 Å². The predicted octanol–water partition coefficient (Wildman–Crippen LogP) is 3.78. The van der Waals surface area contributed by atoms with Gasteiger partial charge in [-0.3, -0.25) is 14.8 Å². The van der Waals surface area contributed by atoms with Gasteiger partial charge in [-0.25, -0.2) is 4.99 Å². The summed E-state index contributed by atoms with van der Waals surface area (Å²) >= 11 is 0. The lowest BCUT2D eigenvalue weighted by Gasteiger charge is -2.19. The second-order valence-corrected chi connectivity index (χ2v) is 7.15. The van der Waals surface area contributed by atoms with Crippen molar-refractivity contribution in [3.05, 3.63) is 65.0 Å². The van der Waals surface area contributed by atoms with Gasteiger partial charge in [0, 0.05) is 19.8 Å². The van der Waals surface area contributed by atoms with Crippen LogP contribution in [0, 0.1) is 0 Å². The Kier molecular flexibility index (Phi) is 6.39. The van der Waals surface area contributed by atoms with Gasteiger partial charge < -0.3 is 5.32 Å². The smallest absolute Gasteiger partial charge is 0.253 e. The maximum atomic E-state index is 12.3. The largest absolute Gasteiger partial charge is 0.348 e. The van der Waals surface area contributed by atoms with Gasteiger partial charge in [0.1, 0.15) is 6.34 Å². The molecule has 0 fully saturated rings. The van der Waals surface area contributed by atoms with Crippen molar-refractivity contribution in [1.82, 2.24) is 10.3 Å². The first-order valence-electron chi connectivity index (χ1n) is 8.60. The van der Waals surface area contributed by atoms with Crippen molar-refractivity contribution in [3.8, 4) is 0 Å². The quantitative estimate of drug-likeness (QED) is 0.659. The molecule has 0 saturated heterocycles. The zero-order valence-electron chi connectivity index (χ0n) is 16.1. The Labute approximate surface area is 155 Å². The van der Waals surface area contributed by atoms with Gasteiger partial charge in [-0.2, -0.15) is 0 Å². The minimum Gasteiger partial charge on any atom is -0.348 e. The van der Waals surface area contributed by atoms with E-state index in [4.69, 9.17) is 0 Å². The van der Waals surface area contributed by atoms with Gasteiger partial charge in [-0.05, 0) is 35.6 Å². The normalized spacial score (nSPS) is 12.4. The lowest BCUT2D eigenvalue weighted by molar-refractivity contribution is 0.0950. The molecule has 2 rings (SSSR count). The van der Waals surface area contributed by atoms with Gasteiger partial charge in [-0.15, -0.1) is 0 Å². The second kappa shape index (κ2) is 8.52. The van der Waals surface area contributed by atoms with Crippen molar-refractivity contribution < 1.29 is 4.79 Å². The third-order valence-electron chi connectivity index (χ3n) is 4.04. The molecule has 26 heavy (non-hydrogen) atoms. The molecule has 1 aromatic heterocycles. The molecule has 1 amide bonds. The highest BCUT2D eigenvalue weighted by atomic mass is 16.1. The summed E-state index contributed by atoms with van der Waals surface area (Å²) in [5.41, 5.74) is 4.47. The molecule has 0 radical (unpaired) electrons. The van der Waals surface area contributed by atoms with Crippen molar-refractivity contribution in [2.24, 2.45) is 9.98 Å². The first-order valence-corrected chi connectivity index (χ1v) is 8.60. The SMILES string of the molecule is CN=CN=C(C)c1ccc(C(=O)NCc2ccc(C(C)(C)C)cc2)cn1. The summed E-state index contributed by atoms with van der Waals surface area (Å²) in [6.45, 7) is 8.88.